The average Bonchev–Trinajstić information content (AvgIpc) is 2.38. The van der Waals surface area contributed by atoms with Gasteiger partial charge in [-0.3, -0.25) is 0 Å². The van der Waals surface area contributed by atoms with Crippen LogP contribution in [0.3, 0.4) is 0 Å². The largest absolute Gasteiger partial charge is 0.309 e. The summed E-state index contributed by atoms with van der Waals surface area (Å²) in [6, 6.07) is 5.75. The Morgan fingerprint density at radius 2 is 2.12 bits per heavy atom. The summed E-state index contributed by atoms with van der Waals surface area (Å²) in [6.45, 7) is 7.51. The number of rotatable bonds is 1. The minimum Gasteiger partial charge on any atom is -0.309 e. The van der Waals surface area contributed by atoms with Crippen molar-refractivity contribution < 1.29 is 4.39 Å². The van der Waals surface area contributed by atoms with E-state index in [1.54, 1.807) is 6.07 Å². The Morgan fingerprint density at radius 3 is 2.81 bits per heavy atom. The molecule has 1 N–H and O–H groups in total. The summed E-state index contributed by atoms with van der Waals surface area (Å²) < 4.78 is 13.8. The average molecular weight is 221 g/mol. The molecule has 1 aromatic rings. The molecule has 0 amide bonds. The van der Waals surface area contributed by atoms with Crippen LogP contribution in [0.4, 0.5) is 4.39 Å². The van der Waals surface area contributed by atoms with Crippen molar-refractivity contribution in [2.24, 2.45) is 11.8 Å². The van der Waals surface area contributed by atoms with Crippen LogP contribution in [0.2, 0.25) is 0 Å². The summed E-state index contributed by atoms with van der Waals surface area (Å²) in [7, 11) is 0. The lowest BCUT2D eigenvalue weighted by Crippen LogP contribution is -2.27. The molecular formula is C14H20FN. The zero-order valence-electron chi connectivity index (χ0n) is 10.3. The Labute approximate surface area is 97.1 Å². The van der Waals surface area contributed by atoms with Crippen molar-refractivity contribution >= 4 is 0 Å². The summed E-state index contributed by atoms with van der Waals surface area (Å²) in [5.41, 5.74) is 2.07. The van der Waals surface area contributed by atoms with Gasteiger partial charge in [0.2, 0.25) is 0 Å². The van der Waals surface area contributed by atoms with Gasteiger partial charge in [-0.2, -0.15) is 0 Å². The highest BCUT2D eigenvalue weighted by Gasteiger charge is 2.25. The van der Waals surface area contributed by atoms with Crippen molar-refractivity contribution in [2.45, 2.75) is 33.2 Å². The molecule has 0 fully saturated rings. The lowest BCUT2D eigenvalue weighted by Gasteiger charge is -2.22. The van der Waals surface area contributed by atoms with Crippen LogP contribution in [0.1, 0.15) is 37.9 Å². The third-order valence-corrected chi connectivity index (χ3v) is 3.40. The molecule has 0 aliphatic carbocycles. The molecule has 1 aliphatic rings. The van der Waals surface area contributed by atoms with E-state index in [9.17, 15) is 4.39 Å². The van der Waals surface area contributed by atoms with Crippen LogP contribution in [0.25, 0.3) is 0 Å². The maximum Gasteiger partial charge on any atom is 0.126 e. The molecule has 2 atom stereocenters. The Balaban J connectivity index is 2.46. The quantitative estimate of drug-likeness (QED) is 0.767. The highest BCUT2D eigenvalue weighted by molar-refractivity contribution is 5.33. The predicted molar refractivity (Wildman–Crippen MR) is 64.8 cm³/mol. The first-order chi connectivity index (χ1) is 7.59. The van der Waals surface area contributed by atoms with Gasteiger partial charge in [0.25, 0.3) is 0 Å². The summed E-state index contributed by atoms with van der Waals surface area (Å²) in [4.78, 5) is 0. The molecule has 0 aromatic heterocycles. The molecule has 88 valence electrons. The lowest BCUT2D eigenvalue weighted by molar-refractivity contribution is 0.395. The van der Waals surface area contributed by atoms with Crippen molar-refractivity contribution in [3.63, 3.8) is 0 Å². The first-order valence-corrected chi connectivity index (χ1v) is 6.10. The third kappa shape index (κ3) is 2.12. The number of nitrogens with one attached hydrogen (secondary N) is 1. The highest BCUT2D eigenvalue weighted by Crippen LogP contribution is 2.30. The van der Waals surface area contributed by atoms with E-state index in [0.29, 0.717) is 11.8 Å². The molecule has 1 heterocycles. The Hall–Kier alpha value is -0.890. The second kappa shape index (κ2) is 4.54. The second-order valence-electron chi connectivity index (χ2n) is 5.25. The van der Waals surface area contributed by atoms with Crippen LogP contribution in [-0.4, -0.2) is 6.54 Å². The summed E-state index contributed by atoms with van der Waals surface area (Å²) in [5.74, 6) is 0.948. The van der Waals surface area contributed by atoms with Gasteiger partial charge in [0.05, 0.1) is 0 Å². The number of hydrogen-bond donors (Lipinski definition) is 1. The van der Waals surface area contributed by atoms with Gasteiger partial charge in [0.1, 0.15) is 5.82 Å². The molecule has 2 unspecified atom stereocenters. The van der Waals surface area contributed by atoms with Gasteiger partial charge in [-0.1, -0.05) is 32.9 Å². The normalized spacial score (nSPS) is 25.3. The molecule has 1 aromatic carbocycles. The zero-order chi connectivity index (χ0) is 11.7. The Kier molecular flexibility index (Phi) is 3.29. The van der Waals surface area contributed by atoms with Crippen molar-refractivity contribution in [2.75, 3.05) is 6.54 Å². The third-order valence-electron chi connectivity index (χ3n) is 3.40. The van der Waals surface area contributed by atoms with E-state index in [4.69, 9.17) is 0 Å². The number of benzene rings is 1. The second-order valence-corrected chi connectivity index (χ2v) is 5.25. The Morgan fingerprint density at radius 1 is 1.38 bits per heavy atom. The SMILES string of the molecule is CC1CNC(C(C)C)c2cccc(F)c2C1. The maximum absolute atomic E-state index is 13.8. The van der Waals surface area contributed by atoms with Gasteiger partial charge < -0.3 is 5.32 Å². The lowest BCUT2D eigenvalue weighted by atomic mass is 9.91. The van der Waals surface area contributed by atoms with Gasteiger partial charge in [-0.25, -0.2) is 4.39 Å². The van der Waals surface area contributed by atoms with Crippen LogP contribution in [0.15, 0.2) is 18.2 Å². The van der Waals surface area contributed by atoms with E-state index in [1.165, 1.54) is 0 Å². The zero-order valence-corrected chi connectivity index (χ0v) is 10.3. The van der Waals surface area contributed by atoms with Crippen LogP contribution in [-0.2, 0) is 6.42 Å². The van der Waals surface area contributed by atoms with Crippen LogP contribution >= 0.6 is 0 Å². The van der Waals surface area contributed by atoms with Gasteiger partial charge in [-0.15, -0.1) is 0 Å². The van der Waals surface area contributed by atoms with E-state index in [2.05, 4.69) is 32.2 Å². The van der Waals surface area contributed by atoms with Crippen molar-refractivity contribution in [1.82, 2.24) is 5.32 Å². The predicted octanol–water partition coefficient (Wildman–Crippen LogP) is 3.30. The summed E-state index contributed by atoms with van der Waals surface area (Å²) >= 11 is 0. The van der Waals surface area contributed by atoms with E-state index in [1.807, 2.05) is 6.07 Å². The highest BCUT2D eigenvalue weighted by atomic mass is 19.1. The molecule has 2 heteroatoms. The van der Waals surface area contributed by atoms with Gasteiger partial charge in [-0.05, 0) is 42.0 Å². The minimum atomic E-state index is -0.0429. The fourth-order valence-electron chi connectivity index (χ4n) is 2.54. The molecule has 1 nitrogen and oxygen atoms in total. The van der Waals surface area contributed by atoms with E-state index in [0.717, 1.165) is 24.1 Å². The molecule has 0 radical (unpaired) electrons. The van der Waals surface area contributed by atoms with Crippen molar-refractivity contribution in [3.8, 4) is 0 Å². The molecule has 2 rings (SSSR count). The minimum absolute atomic E-state index is 0.0429. The van der Waals surface area contributed by atoms with Crippen LogP contribution < -0.4 is 5.32 Å². The molecule has 0 spiro atoms. The van der Waals surface area contributed by atoms with Gasteiger partial charge >= 0.3 is 0 Å². The topological polar surface area (TPSA) is 12.0 Å². The van der Waals surface area contributed by atoms with Gasteiger partial charge in [0, 0.05) is 6.04 Å². The first kappa shape index (κ1) is 11.6. The smallest absolute Gasteiger partial charge is 0.126 e. The fourth-order valence-corrected chi connectivity index (χ4v) is 2.54. The molecule has 0 bridgehead atoms. The summed E-state index contributed by atoms with van der Waals surface area (Å²) in [6.07, 6.45) is 0.845. The summed E-state index contributed by atoms with van der Waals surface area (Å²) in [5, 5.41) is 3.55. The van der Waals surface area contributed by atoms with E-state index in [-0.39, 0.29) is 11.9 Å². The van der Waals surface area contributed by atoms with E-state index < -0.39 is 0 Å². The standard InChI is InChI=1S/C14H20FN/c1-9(2)14-11-5-4-6-13(15)12(11)7-10(3)8-16-14/h4-6,9-10,14,16H,7-8H2,1-3H3. The monoisotopic (exact) mass is 221 g/mol. The van der Waals surface area contributed by atoms with Crippen molar-refractivity contribution in [1.29, 1.82) is 0 Å². The number of halogens is 1. The number of fused-ring (bicyclic) bond motifs is 1. The van der Waals surface area contributed by atoms with Crippen LogP contribution in [0, 0.1) is 17.7 Å². The molecule has 16 heavy (non-hydrogen) atoms. The van der Waals surface area contributed by atoms with Crippen molar-refractivity contribution in [3.05, 3.63) is 35.1 Å². The molecule has 1 aliphatic heterocycles. The fraction of sp³-hybridized carbons (Fsp3) is 0.571. The molecule has 0 saturated carbocycles. The first-order valence-electron chi connectivity index (χ1n) is 6.10. The molecule has 0 saturated heterocycles. The molecular weight excluding hydrogens is 201 g/mol. The Bertz CT molecular complexity index is 373. The number of hydrogen-bond acceptors (Lipinski definition) is 1. The van der Waals surface area contributed by atoms with Crippen LogP contribution in [0.5, 0.6) is 0 Å². The maximum atomic E-state index is 13.8. The van der Waals surface area contributed by atoms with E-state index >= 15 is 0 Å². The van der Waals surface area contributed by atoms with Gasteiger partial charge in [0.15, 0.2) is 0 Å².